The summed E-state index contributed by atoms with van der Waals surface area (Å²) < 4.78 is 5.38. The zero-order valence-corrected chi connectivity index (χ0v) is 8.89. The first kappa shape index (κ1) is 10.3. The Morgan fingerprint density at radius 3 is 3.07 bits per heavy atom. The van der Waals surface area contributed by atoms with Crippen LogP contribution in [0.4, 0.5) is 5.82 Å². The zero-order chi connectivity index (χ0) is 10.7. The second-order valence-electron chi connectivity index (χ2n) is 3.69. The number of aryl methyl sites for hydroxylation is 1. The molecule has 5 nitrogen and oxygen atoms in total. The lowest BCUT2D eigenvalue weighted by Crippen LogP contribution is -2.49. The van der Waals surface area contributed by atoms with E-state index >= 15 is 0 Å². The standard InChI is InChI=1S/C10H16N4O/c1-8-2-3-10(13-12-8)14-4-5-15-7-9(14)6-11/h2-3,9H,4-7,11H2,1H3. The Bertz CT molecular complexity index is 314. The Labute approximate surface area is 89.2 Å². The van der Waals surface area contributed by atoms with E-state index in [9.17, 15) is 0 Å². The maximum absolute atomic E-state index is 5.69. The van der Waals surface area contributed by atoms with Gasteiger partial charge in [-0.1, -0.05) is 0 Å². The number of rotatable bonds is 2. The van der Waals surface area contributed by atoms with E-state index in [-0.39, 0.29) is 6.04 Å². The molecule has 2 rings (SSSR count). The Hall–Kier alpha value is -1.20. The van der Waals surface area contributed by atoms with Crippen LogP contribution >= 0.6 is 0 Å². The molecule has 2 heterocycles. The maximum Gasteiger partial charge on any atom is 0.151 e. The highest BCUT2D eigenvalue weighted by Gasteiger charge is 2.22. The van der Waals surface area contributed by atoms with Crippen molar-refractivity contribution in [3.05, 3.63) is 17.8 Å². The van der Waals surface area contributed by atoms with E-state index in [1.807, 2.05) is 19.1 Å². The van der Waals surface area contributed by atoms with Gasteiger partial charge in [0.1, 0.15) is 0 Å². The van der Waals surface area contributed by atoms with Gasteiger partial charge in [0.2, 0.25) is 0 Å². The summed E-state index contributed by atoms with van der Waals surface area (Å²) in [6, 6.07) is 4.16. The lowest BCUT2D eigenvalue weighted by atomic mass is 10.2. The Kier molecular flexibility index (Phi) is 3.13. The molecule has 82 valence electrons. The largest absolute Gasteiger partial charge is 0.377 e. The summed E-state index contributed by atoms with van der Waals surface area (Å²) in [4.78, 5) is 2.16. The van der Waals surface area contributed by atoms with E-state index in [2.05, 4.69) is 15.1 Å². The number of anilines is 1. The first-order valence-corrected chi connectivity index (χ1v) is 5.16. The third kappa shape index (κ3) is 2.24. The summed E-state index contributed by atoms with van der Waals surface area (Å²) in [6.07, 6.45) is 0. The SMILES string of the molecule is Cc1ccc(N2CCOCC2CN)nn1. The highest BCUT2D eigenvalue weighted by molar-refractivity contribution is 5.39. The van der Waals surface area contributed by atoms with Crippen molar-refractivity contribution >= 4 is 5.82 Å². The predicted molar refractivity (Wildman–Crippen MR) is 57.8 cm³/mol. The topological polar surface area (TPSA) is 64.3 Å². The Morgan fingerprint density at radius 2 is 2.40 bits per heavy atom. The third-order valence-corrected chi connectivity index (χ3v) is 2.58. The highest BCUT2D eigenvalue weighted by atomic mass is 16.5. The van der Waals surface area contributed by atoms with E-state index in [1.54, 1.807) is 0 Å². The van der Waals surface area contributed by atoms with Crippen LogP contribution < -0.4 is 10.6 Å². The molecule has 0 amide bonds. The molecule has 0 saturated carbocycles. The van der Waals surface area contributed by atoms with Gasteiger partial charge in [-0.25, -0.2) is 0 Å². The van der Waals surface area contributed by atoms with Crippen LogP contribution in [0, 0.1) is 6.92 Å². The van der Waals surface area contributed by atoms with Gasteiger partial charge in [-0.3, -0.25) is 0 Å². The number of morpholine rings is 1. The number of aromatic nitrogens is 2. The molecule has 0 aromatic carbocycles. The molecular weight excluding hydrogens is 192 g/mol. The fourth-order valence-electron chi connectivity index (χ4n) is 1.70. The van der Waals surface area contributed by atoms with Crippen LogP contribution in [0.1, 0.15) is 5.69 Å². The molecule has 0 spiro atoms. The van der Waals surface area contributed by atoms with E-state index < -0.39 is 0 Å². The van der Waals surface area contributed by atoms with Crippen molar-refractivity contribution in [2.45, 2.75) is 13.0 Å². The maximum atomic E-state index is 5.69. The molecule has 1 atom stereocenters. The number of hydrogen-bond acceptors (Lipinski definition) is 5. The summed E-state index contributed by atoms with van der Waals surface area (Å²) in [5.41, 5.74) is 6.62. The number of hydrogen-bond donors (Lipinski definition) is 1. The van der Waals surface area contributed by atoms with Crippen molar-refractivity contribution < 1.29 is 4.74 Å². The number of ether oxygens (including phenoxy) is 1. The minimum Gasteiger partial charge on any atom is -0.377 e. The molecule has 1 fully saturated rings. The van der Waals surface area contributed by atoms with Crippen molar-refractivity contribution in [2.24, 2.45) is 5.73 Å². The molecule has 0 aliphatic carbocycles. The van der Waals surface area contributed by atoms with Crippen LogP contribution in [0.3, 0.4) is 0 Å². The van der Waals surface area contributed by atoms with Crippen LogP contribution in [0.15, 0.2) is 12.1 Å². The molecule has 1 saturated heterocycles. The van der Waals surface area contributed by atoms with Crippen molar-refractivity contribution in [1.82, 2.24) is 10.2 Å². The molecule has 1 aromatic rings. The van der Waals surface area contributed by atoms with Crippen molar-refractivity contribution in [2.75, 3.05) is 31.2 Å². The van der Waals surface area contributed by atoms with Crippen LogP contribution in [-0.4, -0.2) is 42.5 Å². The molecule has 5 heteroatoms. The predicted octanol–water partition coefficient (Wildman–Crippen LogP) is -0.0511. The van der Waals surface area contributed by atoms with Gasteiger partial charge in [-0.2, -0.15) is 5.10 Å². The first-order chi connectivity index (χ1) is 7.31. The quantitative estimate of drug-likeness (QED) is 0.738. The summed E-state index contributed by atoms with van der Waals surface area (Å²) in [5, 5.41) is 8.21. The average molecular weight is 208 g/mol. The summed E-state index contributed by atoms with van der Waals surface area (Å²) in [6.45, 7) is 4.74. The molecular formula is C10H16N4O. The lowest BCUT2D eigenvalue weighted by Gasteiger charge is -2.35. The van der Waals surface area contributed by atoms with Gasteiger partial charge in [0, 0.05) is 13.1 Å². The molecule has 0 bridgehead atoms. The van der Waals surface area contributed by atoms with E-state index in [0.717, 1.165) is 24.7 Å². The van der Waals surface area contributed by atoms with Gasteiger partial charge in [0.05, 0.1) is 24.9 Å². The first-order valence-electron chi connectivity index (χ1n) is 5.16. The average Bonchev–Trinajstić information content (AvgIpc) is 2.30. The van der Waals surface area contributed by atoms with Gasteiger partial charge in [-0.15, -0.1) is 5.10 Å². The molecule has 15 heavy (non-hydrogen) atoms. The zero-order valence-electron chi connectivity index (χ0n) is 8.89. The van der Waals surface area contributed by atoms with Crippen molar-refractivity contribution in [3.63, 3.8) is 0 Å². The van der Waals surface area contributed by atoms with Crippen molar-refractivity contribution in [3.8, 4) is 0 Å². The molecule has 2 N–H and O–H groups in total. The fourth-order valence-corrected chi connectivity index (χ4v) is 1.70. The van der Waals surface area contributed by atoms with E-state index in [1.165, 1.54) is 0 Å². The minimum absolute atomic E-state index is 0.218. The third-order valence-electron chi connectivity index (χ3n) is 2.58. The second-order valence-corrected chi connectivity index (χ2v) is 3.69. The van der Waals surface area contributed by atoms with Crippen LogP contribution in [0.25, 0.3) is 0 Å². The monoisotopic (exact) mass is 208 g/mol. The van der Waals surface area contributed by atoms with Crippen LogP contribution in [0.5, 0.6) is 0 Å². The normalized spacial score (nSPS) is 21.7. The van der Waals surface area contributed by atoms with Gasteiger partial charge < -0.3 is 15.4 Å². The van der Waals surface area contributed by atoms with Gasteiger partial charge >= 0.3 is 0 Å². The van der Waals surface area contributed by atoms with E-state index in [4.69, 9.17) is 10.5 Å². The van der Waals surface area contributed by atoms with Crippen LogP contribution in [0.2, 0.25) is 0 Å². The molecule has 1 aromatic heterocycles. The summed E-state index contributed by atoms with van der Waals surface area (Å²) >= 11 is 0. The van der Waals surface area contributed by atoms with Gasteiger partial charge in [0.15, 0.2) is 5.82 Å². The Balaban J connectivity index is 2.16. The highest BCUT2D eigenvalue weighted by Crippen LogP contribution is 2.15. The van der Waals surface area contributed by atoms with Crippen molar-refractivity contribution in [1.29, 1.82) is 0 Å². The lowest BCUT2D eigenvalue weighted by molar-refractivity contribution is 0.0957. The smallest absolute Gasteiger partial charge is 0.151 e. The van der Waals surface area contributed by atoms with E-state index in [0.29, 0.717) is 13.2 Å². The minimum atomic E-state index is 0.218. The van der Waals surface area contributed by atoms with Crippen LogP contribution in [-0.2, 0) is 4.74 Å². The van der Waals surface area contributed by atoms with Gasteiger partial charge in [0.25, 0.3) is 0 Å². The number of nitrogens with two attached hydrogens (primary N) is 1. The van der Waals surface area contributed by atoms with Gasteiger partial charge in [-0.05, 0) is 19.1 Å². The molecule has 1 unspecified atom stereocenters. The second kappa shape index (κ2) is 4.55. The molecule has 1 aliphatic rings. The summed E-state index contributed by atoms with van der Waals surface area (Å²) in [7, 11) is 0. The molecule has 1 aliphatic heterocycles. The Morgan fingerprint density at radius 1 is 1.53 bits per heavy atom. The summed E-state index contributed by atoms with van der Waals surface area (Å²) in [5.74, 6) is 0.888. The molecule has 0 radical (unpaired) electrons. The fraction of sp³-hybridized carbons (Fsp3) is 0.600. The number of nitrogens with zero attached hydrogens (tertiary/aromatic N) is 3.